The molecule has 0 aliphatic rings. The van der Waals surface area contributed by atoms with Gasteiger partial charge in [-0.05, 0) is 43.7 Å². The molecule has 1 rings (SSSR count). The fourth-order valence-corrected chi connectivity index (χ4v) is 2.09. The Morgan fingerprint density at radius 2 is 1.95 bits per heavy atom. The van der Waals surface area contributed by atoms with Crippen molar-refractivity contribution in [3.8, 4) is 0 Å². The Morgan fingerprint density at radius 1 is 1.21 bits per heavy atom. The molecule has 0 aliphatic carbocycles. The van der Waals surface area contributed by atoms with Crippen LogP contribution in [0.5, 0.6) is 0 Å². The average Bonchev–Trinajstić information content (AvgIpc) is 2.42. The molecule has 1 aromatic carbocycles. The average molecular weight is 263 g/mol. The summed E-state index contributed by atoms with van der Waals surface area (Å²) >= 11 is 0. The van der Waals surface area contributed by atoms with Gasteiger partial charge in [-0.15, -0.1) is 0 Å². The van der Waals surface area contributed by atoms with Gasteiger partial charge in [0.2, 0.25) is 5.91 Å². The number of carbonyl (C=O) groups excluding carboxylic acids is 1. The van der Waals surface area contributed by atoms with E-state index in [2.05, 4.69) is 19.1 Å². The summed E-state index contributed by atoms with van der Waals surface area (Å²) in [6.07, 6.45) is 4.15. The van der Waals surface area contributed by atoms with E-state index in [-0.39, 0.29) is 12.5 Å². The van der Waals surface area contributed by atoms with Gasteiger partial charge in [-0.3, -0.25) is 4.79 Å². The second-order valence-corrected chi connectivity index (χ2v) is 5.03. The monoisotopic (exact) mass is 263 g/mol. The first-order valence-electron chi connectivity index (χ1n) is 7.04. The molecule has 0 bridgehead atoms. The van der Waals surface area contributed by atoms with Crippen molar-refractivity contribution < 1.29 is 9.90 Å². The van der Waals surface area contributed by atoms with Crippen molar-refractivity contribution >= 4 is 5.91 Å². The SMILES string of the molecule is Cc1ccccc1CCC(=O)N(C)CCCCCO. The molecule has 0 radical (unpaired) electrons. The van der Waals surface area contributed by atoms with Gasteiger partial charge in [0.15, 0.2) is 0 Å². The van der Waals surface area contributed by atoms with Gasteiger partial charge in [-0.1, -0.05) is 24.3 Å². The van der Waals surface area contributed by atoms with Crippen LogP contribution < -0.4 is 0 Å². The van der Waals surface area contributed by atoms with Crippen molar-refractivity contribution in [3.63, 3.8) is 0 Å². The molecule has 1 aromatic rings. The second-order valence-electron chi connectivity index (χ2n) is 5.03. The van der Waals surface area contributed by atoms with Crippen molar-refractivity contribution in [3.05, 3.63) is 35.4 Å². The predicted octanol–water partition coefficient (Wildman–Crippen LogP) is 2.55. The Morgan fingerprint density at radius 3 is 2.63 bits per heavy atom. The fraction of sp³-hybridized carbons (Fsp3) is 0.562. The lowest BCUT2D eigenvalue weighted by Gasteiger charge is -2.17. The highest BCUT2D eigenvalue weighted by molar-refractivity contribution is 5.76. The summed E-state index contributed by atoms with van der Waals surface area (Å²) in [6, 6.07) is 8.21. The van der Waals surface area contributed by atoms with Gasteiger partial charge in [0, 0.05) is 26.6 Å². The number of aliphatic hydroxyl groups is 1. The molecule has 1 N–H and O–H groups in total. The van der Waals surface area contributed by atoms with Crippen molar-refractivity contribution in [2.75, 3.05) is 20.2 Å². The molecular weight excluding hydrogens is 238 g/mol. The van der Waals surface area contributed by atoms with Crippen molar-refractivity contribution in [2.45, 2.75) is 39.0 Å². The Balaban J connectivity index is 2.28. The molecule has 0 saturated heterocycles. The van der Waals surface area contributed by atoms with Crippen molar-refractivity contribution in [1.29, 1.82) is 0 Å². The van der Waals surface area contributed by atoms with E-state index < -0.39 is 0 Å². The lowest BCUT2D eigenvalue weighted by atomic mass is 10.0. The predicted molar refractivity (Wildman–Crippen MR) is 78.1 cm³/mol. The third kappa shape index (κ3) is 5.88. The van der Waals surface area contributed by atoms with Gasteiger partial charge >= 0.3 is 0 Å². The summed E-state index contributed by atoms with van der Waals surface area (Å²) in [5.41, 5.74) is 2.51. The number of nitrogens with zero attached hydrogens (tertiary/aromatic N) is 1. The van der Waals surface area contributed by atoms with Crippen LogP contribution >= 0.6 is 0 Å². The zero-order chi connectivity index (χ0) is 14.1. The molecule has 1 amide bonds. The first kappa shape index (κ1) is 15.7. The number of hydrogen-bond acceptors (Lipinski definition) is 2. The standard InChI is InChI=1S/C16H25NO2/c1-14-8-4-5-9-15(14)10-11-16(19)17(2)12-6-3-7-13-18/h4-5,8-9,18H,3,6-7,10-13H2,1-2H3. The van der Waals surface area contributed by atoms with Crippen molar-refractivity contribution in [2.24, 2.45) is 0 Å². The van der Waals surface area contributed by atoms with E-state index in [1.807, 2.05) is 19.2 Å². The van der Waals surface area contributed by atoms with Crippen LogP contribution in [0.2, 0.25) is 0 Å². The highest BCUT2D eigenvalue weighted by Gasteiger charge is 2.09. The largest absolute Gasteiger partial charge is 0.396 e. The Bertz CT molecular complexity index is 390. The minimum absolute atomic E-state index is 0.201. The molecule has 0 fully saturated rings. The van der Waals surface area contributed by atoms with Gasteiger partial charge in [0.25, 0.3) is 0 Å². The molecule has 0 saturated carbocycles. The van der Waals surface area contributed by atoms with E-state index in [1.165, 1.54) is 11.1 Å². The first-order valence-corrected chi connectivity index (χ1v) is 7.04. The molecule has 0 spiro atoms. The molecule has 0 heterocycles. The zero-order valence-corrected chi connectivity index (χ0v) is 12.1. The van der Waals surface area contributed by atoms with E-state index in [0.29, 0.717) is 6.42 Å². The van der Waals surface area contributed by atoms with Crippen LogP contribution in [0.25, 0.3) is 0 Å². The summed E-state index contributed by atoms with van der Waals surface area (Å²) in [6.45, 7) is 3.11. The highest BCUT2D eigenvalue weighted by Crippen LogP contribution is 2.10. The van der Waals surface area contributed by atoms with Crippen LogP contribution in [0.4, 0.5) is 0 Å². The smallest absolute Gasteiger partial charge is 0.222 e. The van der Waals surface area contributed by atoms with Gasteiger partial charge in [0.05, 0.1) is 0 Å². The lowest BCUT2D eigenvalue weighted by molar-refractivity contribution is -0.129. The zero-order valence-electron chi connectivity index (χ0n) is 12.1. The summed E-state index contributed by atoms with van der Waals surface area (Å²) < 4.78 is 0. The van der Waals surface area contributed by atoms with Gasteiger partial charge in [-0.25, -0.2) is 0 Å². The quantitative estimate of drug-likeness (QED) is 0.732. The molecule has 3 heteroatoms. The number of unbranched alkanes of at least 4 members (excludes halogenated alkanes) is 2. The van der Waals surface area contributed by atoms with Crippen molar-refractivity contribution in [1.82, 2.24) is 4.90 Å². The second kappa shape index (κ2) is 8.70. The fourth-order valence-electron chi connectivity index (χ4n) is 2.09. The van der Waals surface area contributed by atoms with E-state index in [0.717, 1.165) is 32.2 Å². The van der Waals surface area contributed by atoms with E-state index in [1.54, 1.807) is 4.90 Å². The number of aryl methyl sites for hydroxylation is 2. The minimum atomic E-state index is 0.201. The third-order valence-corrected chi connectivity index (χ3v) is 3.45. The first-order chi connectivity index (χ1) is 9.15. The lowest BCUT2D eigenvalue weighted by Crippen LogP contribution is -2.28. The molecule has 0 aliphatic heterocycles. The van der Waals surface area contributed by atoms with Crippen LogP contribution in [0.3, 0.4) is 0 Å². The number of rotatable bonds is 8. The Labute approximate surface area is 116 Å². The van der Waals surface area contributed by atoms with E-state index in [9.17, 15) is 4.79 Å². The summed E-state index contributed by atoms with van der Waals surface area (Å²) in [5.74, 6) is 0.201. The van der Waals surface area contributed by atoms with Crippen LogP contribution in [-0.2, 0) is 11.2 Å². The maximum atomic E-state index is 12.0. The van der Waals surface area contributed by atoms with Gasteiger partial charge < -0.3 is 10.0 Å². The summed E-state index contributed by atoms with van der Waals surface area (Å²) in [4.78, 5) is 13.8. The molecule has 106 valence electrons. The molecule has 0 aromatic heterocycles. The molecule has 0 atom stereocenters. The Hall–Kier alpha value is -1.35. The number of hydrogen-bond donors (Lipinski definition) is 1. The normalized spacial score (nSPS) is 10.5. The molecule has 0 unspecified atom stereocenters. The Kier molecular flexibility index (Phi) is 7.19. The van der Waals surface area contributed by atoms with Gasteiger partial charge in [-0.2, -0.15) is 0 Å². The molecule has 3 nitrogen and oxygen atoms in total. The third-order valence-electron chi connectivity index (χ3n) is 3.45. The van der Waals surface area contributed by atoms with E-state index >= 15 is 0 Å². The number of carbonyl (C=O) groups is 1. The molecular formula is C16H25NO2. The summed E-state index contributed by atoms with van der Waals surface area (Å²) in [5, 5.41) is 8.70. The minimum Gasteiger partial charge on any atom is -0.396 e. The summed E-state index contributed by atoms with van der Waals surface area (Å²) in [7, 11) is 1.86. The van der Waals surface area contributed by atoms with Crippen LogP contribution in [-0.4, -0.2) is 36.1 Å². The van der Waals surface area contributed by atoms with Gasteiger partial charge in [0.1, 0.15) is 0 Å². The van der Waals surface area contributed by atoms with Crippen LogP contribution in [0.15, 0.2) is 24.3 Å². The van der Waals surface area contributed by atoms with E-state index in [4.69, 9.17) is 5.11 Å². The highest BCUT2D eigenvalue weighted by atomic mass is 16.2. The number of aliphatic hydroxyl groups excluding tert-OH is 1. The topological polar surface area (TPSA) is 40.5 Å². The van der Waals surface area contributed by atoms with Crippen LogP contribution in [0.1, 0.15) is 36.8 Å². The number of benzene rings is 1. The number of amides is 1. The van der Waals surface area contributed by atoms with Crippen LogP contribution in [0, 0.1) is 6.92 Å². The molecule has 19 heavy (non-hydrogen) atoms. The maximum absolute atomic E-state index is 12.0. The maximum Gasteiger partial charge on any atom is 0.222 e.